The summed E-state index contributed by atoms with van der Waals surface area (Å²) < 4.78 is 24.8. The molecule has 6 nitrogen and oxygen atoms in total. The maximum atomic E-state index is 13.4. The number of nitrogens with zero attached hydrogens (tertiary/aromatic N) is 3. The Balaban J connectivity index is 2.03. The van der Waals surface area contributed by atoms with Gasteiger partial charge in [-0.3, -0.25) is 9.69 Å². The van der Waals surface area contributed by atoms with Crippen molar-refractivity contribution in [3.63, 3.8) is 0 Å². The molecular formula is C21H24ClN3O3S2. The molecule has 0 saturated carbocycles. The van der Waals surface area contributed by atoms with Gasteiger partial charge in [-0.2, -0.15) is 0 Å². The van der Waals surface area contributed by atoms with Crippen LogP contribution < -0.4 is 4.90 Å². The quantitative estimate of drug-likeness (QED) is 0.521. The Morgan fingerprint density at radius 2 is 1.90 bits per heavy atom. The van der Waals surface area contributed by atoms with E-state index in [1.807, 2.05) is 33.2 Å². The minimum absolute atomic E-state index is 0.119. The summed E-state index contributed by atoms with van der Waals surface area (Å²) in [5.41, 5.74) is 1.96. The molecule has 0 aliphatic heterocycles. The van der Waals surface area contributed by atoms with Crippen molar-refractivity contribution >= 4 is 54.0 Å². The van der Waals surface area contributed by atoms with E-state index < -0.39 is 9.84 Å². The van der Waals surface area contributed by atoms with E-state index >= 15 is 0 Å². The minimum atomic E-state index is -3.41. The maximum Gasteiger partial charge on any atom is 0.260 e. The molecule has 0 saturated heterocycles. The van der Waals surface area contributed by atoms with E-state index in [0.717, 1.165) is 35.0 Å². The van der Waals surface area contributed by atoms with Gasteiger partial charge in [-0.05, 0) is 69.9 Å². The fourth-order valence-corrected chi connectivity index (χ4v) is 4.92. The summed E-state index contributed by atoms with van der Waals surface area (Å²) in [6.07, 6.45) is 1.88. The van der Waals surface area contributed by atoms with Gasteiger partial charge in [0.05, 0.1) is 15.1 Å². The molecule has 2 aromatic carbocycles. The van der Waals surface area contributed by atoms with Crippen LogP contribution >= 0.6 is 22.9 Å². The molecule has 0 spiro atoms. The predicted octanol–water partition coefficient (Wildman–Crippen LogP) is 4.26. The number of amides is 1. The van der Waals surface area contributed by atoms with Crippen LogP contribution in [-0.2, 0) is 9.84 Å². The van der Waals surface area contributed by atoms with Crippen molar-refractivity contribution < 1.29 is 13.2 Å². The van der Waals surface area contributed by atoms with E-state index in [-0.39, 0.29) is 10.8 Å². The average molecular weight is 466 g/mol. The third kappa shape index (κ3) is 5.00. The number of hydrogen-bond acceptors (Lipinski definition) is 6. The van der Waals surface area contributed by atoms with Gasteiger partial charge in [-0.1, -0.05) is 29.0 Å². The second-order valence-corrected chi connectivity index (χ2v) is 10.9. The Hall–Kier alpha value is -2.00. The first-order valence-electron chi connectivity index (χ1n) is 9.40. The van der Waals surface area contributed by atoms with Gasteiger partial charge in [0, 0.05) is 23.4 Å². The van der Waals surface area contributed by atoms with Crippen LogP contribution in [0.15, 0.2) is 41.3 Å². The molecule has 1 heterocycles. The number of aromatic nitrogens is 1. The van der Waals surface area contributed by atoms with Crippen molar-refractivity contribution in [1.82, 2.24) is 9.88 Å². The monoisotopic (exact) mass is 465 g/mol. The van der Waals surface area contributed by atoms with Gasteiger partial charge >= 0.3 is 0 Å². The molecule has 0 aliphatic rings. The lowest BCUT2D eigenvalue weighted by atomic mass is 10.2. The van der Waals surface area contributed by atoms with Crippen molar-refractivity contribution in [2.75, 3.05) is 38.3 Å². The lowest BCUT2D eigenvalue weighted by Crippen LogP contribution is -2.33. The summed E-state index contributed by atoms with van der Waals surface area (Å²) >= 11 is 7.66. The molecule has 0 aliphatic carbocycles. The van der Waals surface area contributed by atoms with E-state index in [2.05, 4.69) is 4.90 Å². The third-order valence-electron chi connectivity index (χ3n) is 4.71. The number of thiazole rings is 1. The maximum absolute atomic E-state index is 13.4. The SMILES string of the molecule is Cc1c(Cl)ccc2sc(N(CCCN(C)C)C(=O)c3cccc(S(C)(=O)=O)c3)nc12. The number of carbonyl (C=O) groups is 1. The topological polar surface area (TPSA) is 70.6 Å². The molecule has 0 bridgehead atoms. The molecule has 0 N–H and O–H groups in total. The van der Waals surface area contributed by atoms with Crippen LogP contribution in [0.3, 0.4) is 0 Å². The van der Waals surface area contributed by atoms with Crippen LogP contribution in [0, 0.1) is 6.92 Å². The Morgan fingerprint density at radius 1 is 1.17 bits per heavy atom. The van der Waals surface area contributed by atoms with Crippen molar-refractivity contribution in [2.24, 2.45) is 0 Å². The number of halogens is 1. The van der Waals surface area contributed by atoms with Gasteiger partial charge in [-0.25, -0.2) is 13.4 Å². The highest BCUT2D eigenvalue weighted by Crippen LogP contribution is 2.34. The summed E-state index contributed by atoms with van der Waals surface area (Å²) in [5.74, 6) is -0.276. The second kappa shape index (κ2) is 9.01. The normalized spacial score (nSPS) is 11.9. The summed E-state index contributed by atoms with van der Waals surface area (Å²) in [6, 6.07) is 9.86. The zero-order valence-corrected chi connectivity index (χ0v) is 19.7. The van der Waals surface area contributed by atoms with Gasteiger partial charge in [0.25, 0.3) is 5.91 Å². The number of anilines is 1. The molecule has 3 rings (SSSR count). The summed E-state index contributed by atoms with van der Waals surface area (Å²) in [4.78, 5) is 21.9. The van der Waals surface area contributed by atoms with Gasteiger partial charge in [0.1, 0.15) is 0 Å². The van der Waals surface area contributed by atoms with Crippen LogP contribution in [0.5, 0.6) is 0 Å². The number of sulfone groups is 1. The molecule has 0 fully saturated rings. The Morgan fingerprint density at radius 3 is 2.57 bits per heavy atom. The molecule has 3 aromatic rings. The summed E-state index contributed by atoms with van der Waals surface area (Å²) in [5, 5.41) is 1.20. The Labute approximate surface area is 186 Å². The van der Waals surface area contributed by atoms with Crippen LogP contribution in [-0.4, -0.2) is 57.6 Å². The molecule has 1 amide bonds. The Bertz CT molecular complexity index is 1190. The van der Waals surface area contributed by atoms with Crippen LogP contribution in [0.4, 0.5) is 5.13 Å². The van der Waals surface area contributed by atoms with Gasteiger partial charge in [-0.15, -0.1) is 0 Å². The smallest absolute Gasteiger partial charge is 0.260 e. The third-order valence-corrected chi connectivity index (χ3v) is 7.27. The van der Waals surface area contributed by atoms with Gasteiger partial charge < -0.3 is 4.90 Å². The average Bonchev–Trinajstić information content (AvgIpc) is 3.11. The summed E-state index contributed by atoms with van der Waals surface area (Å²) in [7, 11) is 0.541. The first-order chi connectivity index (χ1) is 14.1. The molecule has 0 radical (unpaired) electrons. The van der Waals surface area contributed by atoms with Crippen LogP contribution in [0.1, 0.15) is 22.3 Å². The highest BCUT2D eigenvalue weighted by Gasteiger charge is 2.23. The van der Waals surface area contributed by atoms with Crippen LogP contribution in [0.2, 0.25) is 5.02 Å². The molecular weight excluding hydrogens is 442 g/mol. The molecule has 160 valence electrons. The molecule has 0 atom stereocenters. The van der Waals surface area contributed by atoms with Crippen LogP contribution in [0.25, 0.3) is 10.2 Å². The number of aryl methyl sites for hydroxylation is 1. The molecule has 30 heavy (non-hydrogen) atoms. The fourth-order valence-electron chi connectivity index (χ4n) is 3.05. The molecule has 0 unspecified atom stereocenters. The second-order valence-electron chi connectivity index (χ2n) is 7.43. The van der Waals surface area contributed by atoms with Crippen molar-refractivity contribution in [1.29, 1.82) is 0 Å². The first-order valence-corrected chi connectivity index (χ1v) is 12.5. The van der Waals surface area contributed by atoms with E-state index in [0.29, 0.717) is 22.3 Å². The lowest BCUT2D eigenvalue weighted by molar-refractivity contribution is 0.0986. The lowest BCUT2D eigenvalue weighted by Gasteiger charge is -2.21. The van der Waals surface area contributed by atoms with E-state index in [9.17, 15) is 13.2 Å². The molecule has 9 heteroatoms. The molecule has 1 aromatic heterocycles. The fraction of sp³-hybridized carbons (Fsp3) is 0.333. The van der Waals surface area contributed by atoms with Gasteiger partial charge in [0.15, 0.2) is 15.0 Å². The number of fused-ring (bicyclic) bond motifs is 1. The zero-order valence-electron chi connectivity index (χ0n) is 17.3. The van der Waals surface area contributed by atoms with E-state index in [1.165, 1.54) is 23.5 Å². The largest absolute Gasteiger partial charge is 0.309 e. The minimum Gasteiger partial charge on any atom is -0.309 e. The van der Waals surface area contributed by atoms with E-state index in [4.69, 9.17) is 16.6 Å². The first kappa shape index (κ1) is 22.7. The zero-order chi connectivity index (χ0) is 22.1. The number of hydrogen-bond donors (Lipinski definition) is 0. The van der Waals surface area contributed by atoms with Crippen molar-refractivity contribution in [3.05, 3.63) is 52.5 Å². The Kier molecular flexibility index (Phi) is 6.81. The standard InChI is InChI=1S/C21H24ClN3O3S2/c1-14-17(22)9-10-18-19(14)23-21(29-18)25(12-6-11-24(2)3)20(26)15-7-5-8-16(13-15)30(4,27)28/h5,7-10,13H,6,11-12H2,1-4H3. The number of benzene rings is 2. The highest BCUT2D eigenvalue weighted by atomic mass is 35.5. The van der Waals surface area contributed by atoms with E-state index in [1.54, 1.807) is 17.0 Å². The van der Waals surface area contributed by atoms with Gasteiger partial charge in [0.2, 0.25) is 0 Å². The van der Waals surface area contributed by atoms with Crippen molar-refractivity contribution in [3.8, 4) is 0 Å². The summed E-state index contributed by atoms with van der Waals surface area (Å²) in [6.45, 7) is 3.18. The highest BCUT2D eigenvalue weighted by molar-refractivity contribution is 7.90. The predicted molar refractivity (Wildman–Crippen MR) is 124 cm³/mol. The number of rotatable bonds is 7. The number of carbonyl (C=O) groups excluding carboxylic acids is 1. The van der Waals surface area contributed by atoms with Crippen molar-refractivity contribution in [2.45, 2.75) is 18.2 Å².